The lowest BCUT2D eigenvalue weighted by Crippen LogP contribution is -2.58. The lowest BCUT2D eigenvalue weighted by molar-refractivity contribution is 0.0519. The first-order valence-electron chi connectivity index (χ1n) is 7.61. The van der Waals surface area contributed by atoms with Gasteiger partial charge in [0.2, 0.25) is 10.0 Å². The third-order valence-corrected chi connectivity index (χ3v) is 6.03. The van der Waals surface area contributed by atoms with Gasteiger partial charge in [-0.15, -0.1) is 0 Å². The SMILES string of the molecule is CS(=O)(=O)N1CCCC12CCCN(C(=O)c1ccccn1)C2. The molecule has 1 atom stereocenters. The Bertz CT molecular complexity index is 662. The molecule has 7 heteroatoms. The Labute approximate surface area is 131 Å². The standard InChI is InChI=1S/C15H21N3O3S/c1-22(20,21)18-11-5-8-15(18)7-4-10-17(12-15)14(19)13-6-2-3-9-16-13/h2-3,6,9H,4-5,7-8,10-12H2,1H3. The van der Waals surface area contributed by atoms with Crippen molar-refractivity contribution in [3.63, 3.8) is 0 Å². The highest BCUT2D eigenvalue weighted by Crippen LogP contribution is 2.39. The van der Waals surface area contributed by atoms with Crippen molar-refractivity contribution in [1.82, 2.24) is 14.2 Å². The van der Waals surface area contributed by atoms with Gasteiger partial charge in [-0.25, -0.2) is 8.42 Å². The molecule has 2 aliphatic heterocycles. The highest BCUT2D eigenvalue weighted by molar-refractivity contribution is 7.88. The number of piperidine rings is 1. The Morgan fingerprint density at radius 3 is 2.59 bits per heavy atom. The predicted octanol–water partition coefficient (Wildman–Crippen LogP) is 1.11. The van der Waals surface area contributed by atoms with Gasteiger partial charge in [-0.1, -0.05) is 6.07 Å². The van der Waals surface area contributed by atoms with Crippen molar-refractivity contribution in [1.29, 1.82) is 0 Å². The molecule has 22 heavy (non-hydrogen) atoms. The molecule has 1 spiro atoms. The third kappa shape index (κ3) is 2.75. The van der Waals surface area contributed by atoms with Crippen LogP contribution in [-0.4, -0.2) is 59.9 Å². The molecule has 0 N–H and O–H groups in total. The minimum absolute atomic E-state index is 0.111. The van der Waals surface area contributed by atoms with Crippen LogP contribution in [-0.2, 0) is 10.0 Å². The van der Waals surface area contributed by atoms with E-state index in [9.17, 15) is 13.2 Å². The Morgan fingerprint density at radius 2 is 1.95 bits per heavy atom. The molecule has 1 aromatic heterocycles. The van der Waals surface area contributed by atoms with E-state index in [1.54, 1.807) is 33.6 Å². The van der Waals surface area contributed by atoms with E-state index in [0.29, 0.717) is 25.3 Å². The normalized spacial score (nSPS) is 26.5. The van der Waals surface area contributed by atoms with E-state index in [-0.39, 0.29) is 5.91 Å². The predicted molar refractivity (Wildman–Crippen MR) is 82.9 cm³/mol. The highest BCUT2D eigenvalue weighted by Gasteiger charge is 2.48. The second-order valence-corrected chi connectivity index (χ2v) is 8.12. The summed E-state index contributed by atoms with van der Waals surface area (Å²) in [7, 11) is -3.24. The van der Waals surface area contributed by atoms with Crippen molar-refractivity contribution in [2.45, 2.75) is 31.2 Å². The van der Waals surface area contributed by atoms with E-state index >= 15 is 0 Å². The monoisotopic (exact) mass is 323 g/mol. The molecule has 2 saturated heterocycles. The van der Waals surface area contributed by atoms with Gasteiger partial charge >= 0.3 is 0 Å². The van der Waals surface area contributed by atoms with Crippen LogP contribution in [0.25, 0.3) is 0 Å². The van der Waals surface area contributed by atoms with Crippen LogP contribution >= 0.6 is 0 Å². The van der Waals surface area contributed by atoms with Gasteiger partial charge in [-0.3, -0.25) is 9.78 Å². The smallest absolute Gasteiger partial charge is 0.272 e. The lowest BCUT2D eigenvalue weighted by atomic mass is 9.87. The second kappa shape index (κ2) is 5.62. The summed E-state index contributed by atoms with van der Waals surface area (Å²) in [5.74, 6) is -0.111. The molecular weight excluding hydrogens is 302 g/mol. The van der Waals surface area contributed by atoms with E-state index < -0.39 is 15.6 Å². The number of nitrogens with zero attached hydrogens (tertiary/aromatic N) is 3. The topological polar surface area (TPSA) is 70.6 Å². The fourth-order valence-electron chi connectivity index (χ4n) is 3.78. The van der Waals surface area contributed by atoms with Gasteiger partial charge in [0, 0.05) is 25.8 Å². The lowest BCUT2D eigenvalue weighted by Gasteiger charge is -2.44. The molecule has 3 heterocycles. The van der Waals surface area contributed by atoms with Crippen molar-refractivity contribution in [2.75, 3.05) is 25.9 Å². The first-order chi connectivity index (χ1) is 10.4. The van der Waals surface area contributed by atoms with E-state index in [2.05, 4.69) is 4.98 Å². The van der Waals surface area contributed by atoms with Crippen molar-refractivity contribution < 1.29 is 13.2 Å². The largest absolute Gasteiger partial charge is 0.335 e. The van der Waals surface area contributed by atoms with E-state index in [0.717, 1.165) is 25.7 Å². The Morgan fingerprint density at radius 1 is 1.23 bits per heavy atom. The zero-order valence-electron chi connectivity index (χ0n) is 12.7. The summed E-state index contributed by atoms with van der Waals surface area (Å²) in [5, 5.41) is 0. The molecule has 2 aliphatic rings. The number of likely N-dealkylation sites (tertiary alicyclic amines) is 1. The molecule has 3 rings (SSSR count). The maximum absolute atomic E-state index is 12.6. The highest BCUT2D eigenvalue weighted by atomic mass is 32.2. The number of pyridine rings is 1. The molecule has 120 valence electrons. The first-order valence-corrected chi connectivity index (χ1v) is 9.45. The molecule has 6 nitrogen and oxygen atoms in total. The van der Waals surface area contributed by atoms with Crippen molar-refractivity contribution in [3.05, 3.63) is 30.1 Å². The van der Waals surface area contributed by atoms with Gasteiger partial charge < -0.3 is 4.90 Å². The number of rotatable bonds is 2. The fraction of sp³-hybridized carbons (Fsp3) is 0.600. The molecule has 1 amide bonds. The van der Waals surface area contributed by atoms with Crippen LogP contribution in [0.4, 0.5) is 0 Å². The maximum Gasteiger partial charge on any atom is 0.272 e. The molecule has 0 saturated carbocycles. The number of amides is 1. The van der Waals surface area contributed by atoms with Crippen LogP contribution < -0.4 is 0 Å². The summed E-state index contributed by atoms with van der Waals surface area (Å²) in [6.07, 6.45) is 6.20. The van der Waals surface area contributed by atoms with Gasteiger partial charge in [-0.2, -0.15) is 4.31 Å². The summed E-state index contributed by atoms with van der Waals surface area (Å²) < 4.78 is 25.7. The minimum atomic E-state index is -3.24. The van der Waals surface area contributed by atoms with Gasteiger partial charge in [0.1, 0.15) is 5.69 Å². The van der Waals surface area contributed by atoms with Gasteiger partial charge in [0.05, 0.1) is 11.8 Å². The summed E-state index contributed by atoms with van der Waals surface area (Å²) >= 11 is 0. The number of sulfonamides is 1. The minimum Gasteiger partial charge on any atom is -0.335 e. The Kier molecular flexibility index (Phi) is 3.94. The van der Waals surface area contributed by atoms with Gasteiger partial charge in [-0.05, 0) is 37.8 Å². The molecule has 1 unspecified atom stereocenters. The Balaban J connectivity index is 1.84. The number of hydrogen-bond acceptors (Lipinski definition) is 4. The van der Waals surface area contributed by atoms with Gasteiger partial charge in [0.25, 0.3) is 5.91 Å². The quantitative estimate of drug-likeness (QED) is 0.817. The van der Waals surface area contributed by atoms with E-state index in [1.807, 2.05) is 0 Å². The zero-order valence-corrected chi connectivity index (χ0v) is 13.6. The van der Waals surface area contributed by atoms with Gasteiger partial charge in [0.15, 0.2) is 0 Å². The van der Waals surface area contributed by atoms with Crippen LogP contribution in [0.3, 0.4) is 0 Å². The van der Waals surface area contributed by atoms with Crippen molar-refractivity contribution >= 4 is 15.9 Å². The number of aromatic nitrogens is 1. The van der Waals surface area contributed by atoms with Crippen LogP contribution in [0.2, 0.25) is 0 Å². The molecule has 2 fully saturated rings. The summed E-state index contributed by atoms with van der Waals surface area (Å²) in [5.41, 5.74) is -0.000500. The van der Waals surface area contributed by atoms with Crippen molar-refractivity contribution in [3.8, 4) is 0 Å². The fourth-order valence-corrected chi connectivity index (χ4v) is 5.18. The second-order valence-electron chi connectivity index (χ2n) is 6.21. The van der Waals surface area contributed by atoms with Crippen molar-refractivity contribution in [2.24, 2.45) is 0 Å². The zero-order chi connectivity index (χ0) is 15.8. The average molecular weight is 323 g/mol. The van der Waals surface area contributed by atoms with Crippen LogP contribution in [0.5, 0.6) is 0 Å². The summed E-state index contributed by atoms with van der Waals surface area (Å²) in [6, 6.07) is 5.27. The molecular formula is C15H21N3O3S. The first kappa shape index (κ1) is 15.4. The van der Waals surface area contributed by atoms with Crippen LogP contribution in [0.1, 0.15) is 36.2 Å². The number of carbonyl (C=O) groups is 1. The van der Waals surface area contributed by atoms with Crippen LogP contribution in [0, 0.1) is 0 Å². The maximum atomic E-state index is 12.6. The third-order valence-electron chi connectivity index (χ3n) is 4.66. The summed E-state index contributed by atoms with van der Waals surface area (Å²) in [6.45, 7) is 1.69. The van der Waals surface area contributed by atoms with E-state index in [4.69, 9.17) is 0 Å². The Hall–Kier alpha value is -1.47. The molecule has 1 aromatic rings. The summed E-state index contributed by atoms with van der Waals surface area (Å²) in [4.78, 5) is 18.5. The van der Waals surface area contributed by atoms with Crippen LogP contribution in [0.15, 0.2) is 24.4 Å². The number of carbonyl (C=O) groups excluding carboxylic acids is 1. The average Bonchev–Trinajstić information content (AvgIpc) is 2.90. The van der Waals surface area contributed by atoms with E-state index in [1.165, 1.54) is 6.26 Å². The molecule has 0 radical (unpaired) electrons. The molecule has 0 bridgehead atoms. The molecule has 0 aliphatic carbocycles. The molecule has 0 aromatic carbocycles. The number of hydrogen-bond donors (Lipinski definition) is 0.